The van der Waals surface area contributed by atoms with Crippen molar-refractivity contribution in [2.24, 2.45) is 5.92 Å². The van der Waals surface area contributed by atoms with Gasteiger partial charge >= 0.3 is 5.97 Å². The Morgan fingerprint density at radius 3 is 2.45 bits per heavy atom. The van der Waals surface area contributed by atoms with Crippen LogP contribution in [0.25, 0.3) is 6.08 Å². The van der Waals surface area contributed by atoms with Gasteiger partial charge in [0.15, 0.2) is 11.5 Å². The highest BCUT2D eigenvalue weighted by atomic mass is 16.5. The lowest BCUT2D eigenvalue weighted by Crippen LogP contribution is -2.28. The first-order valence-corrected chi connectivity index (χ1v) is 11.1. The molecule has 0 fully saturated rings. The highest BCUT2D eigenvalue weighted by Gasteiger charge is 2.37. The average molecular weight is 450 g/mol. The zero-order valence-corrected chi connectivity index (χ0v) is 19.9. The number of carbonyl (C=O) groups is 2. The Morgan fingerprint density at radius 1 is 1.09 bits per heavy atom. The van der Waals surface area contributed by atoms with Gasteiger partial charge in [0.25, 0.3) is 5.91 Å². The molecule has 0 aromatic heterocycles. The first kappa shape index (κ1) is 24.1. The van der Waals surface area contributed by atoms with Gasteiger partial charge in [0.2, 0.25) is 0 Å². The predicted molar refractivity (Wildman–Crippen MR) is 128 cm³/mol. The minimum Gasteiger partial charge on any atom is -0.493 e. The minimum atomic E-state index is -0.490. The molecule has 2 aromatic carbocycles. The van der Waals surface area contributed by atoms with Crippen molar-refractivity contribution in [3.8, 4) is 11.5 Å². The number of methoxy groups -OCH3 is 1. The maximum Gasteiger partial charge on any atom is 0.340 e. The minimum absolute atomic E-state index is 0.201. The highest BCUT2D eigenvalue weighted by molar-refractivity contribution is 6.16. The van der Waals surface area contributed by atoms with E-state index in [1.165, 1.54) is 0 Å². The van der Waals surface area contributed by atoms with Crippen LogP contribution in [-0.4, -0.2) is 37.0 Å². The van der Waals surface area contributed by atoms with Crippen molar-refractivity contribution in [2.75, 3.05) is 20.3 Å². The zero-order valence-electron chi connectivity index (χ0n) is 19.9. The summed E-state index contributed by atoms with van der Waals surface area (Å²) in [5.41, 5.74) is 3.03. The number of hydrogen-bond donors (Lipinski definition) is 0. The number of allylic oxidation sites excluding steroid dienone is 1. The van der Waals surface area contributed by atoms with Crippen LogP contribution >= 0.6 is 0 Å². The van der Waals surface area contributed by atoms with Gasteiger partial charge in [-0.1, -0.05) is 50.2 Å². The third kappa shape index (κ3) is 5.64. The van der Waals surface area contributed by atoms with Gasteiger partial charge in [-0.15, -0.1) is 0 Å². The number of hydrogen-bond acceptors (Lipinski definition) is 5. The standard InChI is InChI=1S/C27H31NO5/c1-6-32-27(30)25-19(4)28(16-18(2)3)26(29)22(25)14-21-12-13-23(24(15-21)31-5)33-17-20-10-8-7-9-11-20/h7-15,18H,6,16-17H2,1-5H3/b22-14+. The van der Waals surface area contributed by atoms with Crippen LogP contribution in [0.1, 0.15) is 38.8 Å². The van der Waals surface area contributed by atoms with Gasteiger partial charge in [-0.05, 0) is 49.1 Å². The molecule has 6 heteroatoms. The van der Waals surface area contributed by atoms with E-state index in [2.05, 4.69) is 0 Å². The molecule has 0 saturated heterocycles. The Balaban J connectivity index is 1.92. The predicted octanol–water partition coefficient (Wildman–Crippen LogP) is 4.99. The summed E-state index contributed by atoms with van der Waals surface area (Å²) in [4.78, 5) is 27.5. The van der Waals surface area contributed by atoms with Crippen molar-refractivity contribution in [1.29, 1.82) is 0 Å². The van der Waals surface area contributed by atoms with Crippen LogP contribution in [0.4, 0.5) is 0 Å². The van der Waals surface area contributed by atoms with Crippen LogP contribution in [0.2, 0.25) is 0 Å². The van der Waals surface area contributed by atoms with Gasteiger partial charge in [0.05, 0.1) is 24.9 Å². The van der Waals surface area contributed by atoms with Crippen molar-refractivity contribution in [3.63, 3.8) is 0 Å². The molecule has 0 atom stereocenters. The lowest BCUT2D eigenvalue weighted by atomic mass is 10.0. The molecule has 0 saturated carbocycles. The smallest absolute Gasteiger partial charge is 0.340 e. The third-order valence-electron chi connectivity index (χ3n) is 5.27. The molecule has 0 bridgehead atoms. The first-order chi connectivity index (χ1) is 15.8. The first-order valence-electron chi connectivity index (χ1n) is 11.1. The molecule has 1 aliphatic rings. The second-order valence-corrected chi connectivity index (χ2v) is 8.23. The van der Waals surface area contributed by atoms with E-state index in [1.54, 1.807) is 44.1 Å². The number of benzene rings is 2. The summed E-state index contributed by atoms with van der Waals surface area (Å²) < 4.78 is 16.7. The number of ether oxygens (including phenoxy) is 3. The summed E-state index contributed by atoms with van der Waals surface area (Å²) in [7, 11) is 1.57. The molecule has 0 unspecified atom stereocenters. The summed E-state index contributed by atoms with van der Waals surface area (Å²) in [6.45, 7) is 8.78. The second-order valence-electron chi connectivity index (χ2n) is 8.23. The fourth-order valence-electron chi connectivity index (χ4n) is 3.71. The Labute approximate surface area is 195 Å². The molecule has 2 aromatic rings. The topological polar surface area (TPSA) is 65.1 Å². The Kier molecular flexibility index (Phi) is 7.93. The van der Waals surface area contributed by atoms with Crippen LogP contribution in [0.5, 0.6) is 11.5 Å². The molecular weight excluding hydrogens is 418 g/mol. The fourth-order valence-corrected chi connectivity index (χ4v) is 3.71. The van der Waals surface area contributed by atoms with Gasteiger partial charge in [-0.2, -0.15) is 0 Å². The molecule has 0 radical (unpaired) electrons. The molecule has 33 heavy (non-hydrogen) atoms. The second kappa shape index (κ2) is 10.9. The molecule has 0 N–H and O–H groups in total. The lowest BCUT2D eigenvalue weighted by Gasteiger charge is -2.20. The molecular formula is C27H31NO5. The van der Waals surface area contributed by atoms with Crippen LogP contribution in [0, 0.1) is 5.92 Å². The van der Waals surface area contributed by atoms with Crippen molar-refractivity contribution in [1.82, 2.24) is 4.90 Å². The molecule has 6 nitrogen and oxygen atoms in total. The molecule has 3 rings (SSSR count). The average Bonchev–Trinajstić information content (AvgIpc) is 3.02. The Bertz CT molecular complexity index is 1070. The van der Waals surface area contributed by atoms with Crippen molar-refractivity contribution >= 4 is 18.0 Å². The van der Waals surface area contributed by atoms with Gasteiger partial charge in [0.1, 0.15) is 6.61 Å². The van der Waals surface area contributed by atoms with Crippen LogP contribution in [-0.2, 0) is 20.9 Å². The number of amides is 1. The van der Waals surface area contributed by atoms with E-state index in [0.717, 1.165) is 11.1 Å². The normalized spacial score (nSPS) is 14.9. The number of carbonyl (C=O) groups excluding carboxylic acids is 2. The number of nitrogens with zero attached hydrogens (tertiary/aromatic N) is 1. The van der Waals surface area contributed by atoms with Gasteiger partial charge in [0, 0.05) is 12.2 Å². The van der Waals surface area contributed by atoms with E-state index >= 15 is 0 Å². The SMILES string of the molecule is CCOC(=O)C1=C(C)N(CC(C)C)C(=O)/C1=C/c1ccc(OCc2ccccc2)c(OC)c1. The van der Waals surface area contributed by atoms with E-state index in [9.17, 15) is 9.59 Å². The van der Waals surface area contributed by atoms with Crippen molar-refractivity contribution in [2.45, 2.75) is 34.3 Å². The molecule has 0 spiro atoms. The summed E-state index contributed by atoms with van der Waals surface area (Å²) >= 11 is 0. The van der Waals surface area contributed by atoms with E-state index in [-0.39, 0.29) is 18.4 Å². The maximum absolute atomic E-state index is 13.2. The third-order valence-corrected chi connectivity index (χ3v) is 5.27. The highest BCUT2D eigenvalue weighted by Crippen LogP contribution is 2.34. The zero-order chi connectivity index (χ0) is 24.0. The summed E-state index contributed by atoms with van der Waals surface area (Å²) in [5.74, 6) is 0.708. The van der Waals surface area contributed by atoms with Crippen molar-refractivity contribution in [3.05, 3.63) is 76.5 Å². The summed E-state index contributed by atoms with van der Waals surface area (Å²) in [5, 5.41) is 0. The molecule has 174 valence electrons. The largest absolute Gasteiger partial charge is 0.493 e. The molecule has 1 amide bonds. The van der Waals surface area contributed by atoms with E-state index < -0.39 is 5.97 Å². The van der Waals surface area contributed by atoms with Crippen LogP contribution < -0.4 is 9.47 Å². The van der Waals surface area contributed by atoms with Crippen LogP contribution in [0.15, 0.2) is 65.4 Å². The number of esters is 1. The lowest BCUT2D eigenvalue weighted by molar-refractivity contribution is -0.138. The summed E-state index contributed by atoms with van der Waals surface area (Å²) in [6.07, 6.45) is 1.71. The molecule has 1 heterocycles. The fraction of sp³-hybridized carbons (Fsp3) is 0.333. The van der Waals surface area contributed by atoms with Crippen LogP contribution in [0.3, 0.4) is 0 Å². The Hall–Kier alpha value is -3.54. The van der Waals surface area contributed by atoms with Gasteiger partial charge in [-0.25, -0.2) is 4.79 Å². The monoisotopic (exact) mass is 449 g/mol. The van der Waals surface area contributed by atoms with E-state index in [4.69, 9.17) is 14.2 Å². The van der Waals surface area contributed by atoms with E-state index in [1.807, 2.05) is 50.2 Å². The van der Waals surface area contributed by atoms with E-state index in [0.29, 0.717) is 41.5 Å². The quantitative estimate of drug-likeness (QED) is 0.398. The van der Waals surface area contributed by atoms with Gasteiger partial charge in [-0.3, -0.25) is 4.79 Å². The summed E-state index contributed by atoms with van der Waals surface area (Å²) in [6, 6.07) is 15.3. The molecule has 0 aliphatic carbocycles. The maximum atomic E-state index is 13.2. The molecule has 1 aliphatic heterocycles. The number of rotatable bonds is 9. The Morgan fingerprint density at radius 2 is 1.82 bits per heavy atom. The van der Waals surface area contributed by atoms with Crippen molar-refractivity contribution < 1.29 is 23.8 Å². The van der Waals surface area contributed by atoms with Gasteiger partial charge < -0.3 is 19.1 Å².